The lowest BCUT2D eigenvalue weighted by atomic mass is 10.1. The van der Waals surface area contributed by atoms with Gasteiger partial charge in [-0.15, -0.1) is 0 Å². The Morgan fingerprint density at radius 2 is 1.23 bits per heavy atom. The smallest absolute Gasteiger partial charge is 0.227 e. The van der Waals surface area contributed by atoms with Gasteiger partial charge < -0.3 is 20.5 Å². The SMILES string of the molecule is N#CC1(COc2ccc(-c3nc(Cl)ncc3Cl)cc2F)CC1.N#CC1(COc2ccc(-c3nc(Nc4cnn(C5CC5)c4)ncc3Cl)cc2F)CC1.Nc1cnn(C2CC2)c1. The standard InChI is InChI=1S/C21H18ClFN6O.C15H10Cl2FN3O.C6H9N3/c22-16-9-25-20(27-14-8-26-29(10-14)15-2-3-15)28-19(16)13-1-4-18(17(23)7-13)30-12-21(11-24)5-6-21;16-10-6-20-14(17)21-13(10)9-1-2-12(11(18)5-9)22-8-15(7-19)3-4-15;7-5-3-8-9(4-5)6-1-2-6/h1,4,7-10,15H,2-3,5-6,12H2,(H,25,27,28);1-2,5-6H,3-4,8H2;3-4,6H,1-2,7H2. The zero-order valence-corrected chi connectivity index (χ0v) is 34.7. The van der Waals surface area contributed by atoms with E-state index in [2.05, 4.69) is 47.6 Å². The zero-order chi connectivity index (χ0) is 42.7. The van der Waals surface area contributed by atoms with Crippen LogP contribution in [0.3, 0.4) is 0 Å². The van der Waals surface area contributed by atoms with Gasteiger partial charge in [0.2, 0.25) is 11.2 Å². The largest absolute Gasteiger partial charge is 0.489 e. The number of nitrogens with one attached hydrogen (secondary N) is 1. The summed E-state index contributed by atoms with van der Waals surface area (Å²) in [5, 5.41) is 30.2. The van der Waals surface area contributed by atoms with Crippen LogP contribution < -0.4 is 20.5 Å². The number of hydrogen-bond acceptors (Lipinski definition) is 12. The van der Waals surface area contributed by atoms with Gasteiger partial charge in [0.1, 0.15) is 13.2 Å². The second kappa shape index (κ2) is 17.5. The van der Waals surface area contributed by atoms with Gasteiger partial charge in [-0.25, -0.2) is 28.7 Å². The quantitative estimate of drug-likeness (QED) is 0.111. The summed E-state index contributed by atoms with van der Waals surface area (Å²) in [5.74, 6) is -0.527. The van der Waals surface area contributed by atoms with Crippen molar-refractivity contribution in [1.29, 1.82) is 10.5 Å². The molecule has 0 aliphatic heterocycles. The van der Waals surface area contributed by atoms with Crippen LogP contribution in [0.4, 0.5) is 26.1 Å². The molecule has 0 bridgehead atoms. The number of nitriles is 2. The second-order valence-corrected chi connectivity index (χ2v) is 16.6. The van der Waals surface area contributed by atoms with Crippen molar-refractivity contribution in [2.45, 2.75) is 63.5 Å². The van der Waals surface area contributed by atoms with Crippen LogP contribution in [0, 0.1) is 45.1 Å². The van der Waals surface area contributed by atoms with Crippen LogP contribution in [0.5, 0.6) is 11.5 Å². The lowest BCUT2D eigenvalue weighted by Gasteiger charge is -2.12. The third-order valence-corrected chi connectivity index (χ3v) is 11.1. The van der Waals surface area contributed by atoms with E-state index in [1.807, 2.05) is 21.8 Å². The van der Waals surface area contributed by atoms with Crippen LogP contribution in [0.2, 0.25) is 15.3 Å². The van der Waals surface area contributed by atoms with Crippen molar-refractivity contribution in [2.24, 2.45) is 10.8 Å². The summed E-state index contributed by atoms with van der Waals surface area (Å²) in [4.78, 5) is 16.4. The van der Waals surface area contributed by atoms with Crippen LogP contribution in [-0.2, 0) is 0 Å². The van der Waals surface area contributed by atoms with Crippen molar-refractivity contribution >= 4 is 52.1 Å². The molecule has 14 nitrogen and oxygen atoms in total. The summed E-state index contributed by atoms with van der Waals surface area (Å²) in [5.41, 5.74) is 7.82. The number of benzene rings is 2. The molecule has 0 atom stereocenters. The first kappa shape index (κ1) is 41.7. The third kappa shape index (κ3) is 10.5. The first-order valence-electron chi connectivity index (χ1n) is 19.4. The van der Waals surface area contributed by atoms with E-state index in [0.29, 0.717) is 45.6 Å². The Morgan fingerprint density at radius 1 is 0.721 bits per heavy atom. The molecule has 0 amide bonds. The van der Waals surface area contributed by atoms with Crippen molar-refractivity contribution in [2.75, 3.05) is 24.3 Å². The van der Waals surface area contributed by atoms with E-state index in [1.165, 1.54) is 49.5 Å². The molecule has 2 aromatic carbocycles. The van der Waals surface area contributed by atoms with Gasteiger partial charge in [-0.1, -0.05) is 23.2 Å². The molecule has 4 aliphatic rings. The van der Waals surface area contributed by atoms with E-state index < -0.39 is 22.5 Å². The van der Waals surface area contributed by atoms with E-state index in [0.717, 1.165) is 49.9 Å². The number of hydrogen-bond donors (Lipinski definition) is 2. The topological polar surface area (TPSA) is 191 Å². The van der Waals surface area contributed by atoms with Gasteiger partial charge in [0.15, 0.2) is 23.1 Å². The Balaban J connectivity index is 0.000000144. The number of nitrogens with zero attached hydrogens (tertiary/aromatic N) is 10. The summed E-state index contributed by atoms with van der Waals surface area (Å²) in [6, 6.07) is 14.5. The number of ether oxygens (including phenoxy) is 2. The van der Waals surface area contributed by atoms with Crippen molar-refractivity contribution in [1.82, 2.24) is 39.5 Å². The van der Waals surface area contributed by atoms with Gasteiger partial charge in [-0.2, -0.15) is 20.7 Å². The van der Waals surface area contributed by atoms with Gasteiger partial charge in [-0.05, 0) is 99.4 Å². The fraction of sp³-hybridized carbons (Fsp3) is 0.333. The first-order valence-corrected chi connectivity index (χ1v) is 20.6. The van der Waals surface area contributed by atoms with Crippen molar-refractivity contribution in [3.8, 4) is 46.2 Å². The molecule has 4 saturated carbocycles. The van der Waals surface area contributed by atoms with Gasteiger partial charge in [0, 0.05) is 23.5 Å². The predicted molar refractivity (Wildman–Crippen MR) is 224 cm³/mol. The number of anilines is 3. The molecule has 10 rings (SSSR count). The summed E-state index contributed by atoms with van der Waals surface area (Å²) >= 11 is 18.0. The molecule has 0 unspecified atom stereocenters. The lowest BCUT2D eigenvalue weighted by Crippen LogP contribution is -2.11. The molecule has 3 N–H and O–H groups in total. The molecule has 61 heavy (non-hydrogen) atoms. The number of aromatic nitrogens is 8. The Labute approximate surface area is 364 Å². The Morgan fingerprint density at radius 3 is 1.70 bits per heavy atom. The Bertz CT molecular complexity index is 2650. The minimum atomic E-state index is -0.544. The second-order valence-electron chi connectivity index (χ2n) is 15.4. The van der Waals surface area contributed by atoms with Crippen molar-refractivity contribution in [3.63, 3.8) is 0 Å². The molecule has 0 saturated heterocycles. The van der Waals surface area contributed by atoms with Crippen molar-refractivity contribution < 1.29 is 18.3 Å². The normalized spacial score (nSPS) is 16.4. The molecule has 19 heteroatoms. The summed E-state index contributed by atoms with van der Waals surface area (Å²) < 4.78 is 43.5. The van der Waals surface area contributed by atoms with Crippen LogP contribution >= 0.6 is 34.8 Å². The summed E-state index contributed by atoms with van der Waals surface area (Å²) in [7, 11) is 0. The third-order valence-electron chi connectivity index (χ3n) is 10.4. The molecule has 0 spiro atoms. The van der Waals surface area contributed by atoms with Crippen LogP contribution in [0.25, 0.3) is 22.5 Å². The van der Waals surface area contributed by atoms with Gasteiger partial charge >= 0.3 is 0 Å². The Kier molecular flexibility index (Phi) is 11.9. The predicted octanol–water partition coefficient (Wildman–Crippen LogP) is 9.97. The highest BCUT2D eigenvalue weighted by molar-refractivity contribution is 6.33. The van der Waals surface area contributed by atoms with Crippen molar-refractivity contribution in [3.05, 3.63) is 101 Å². The lowest BCUT2D eigenvalue weighted by molar-refractivity contribution is 0.257. The molecule has 4 heterocycles. The van der Waals surface area contributed by atoms with Crippen LogP contribution in [-0.4, -0.2) is 52.7 Å². The van der Waals surface area contributed by atoms with E-state index in [-0.39, 0.29) is 35.0 Å². The molecule has 312 valence electrons. The maximum absolute atomic E-state index is 14.6. The first-order chi connectivity index (χ1) is 29.4. The average Bonchev–Trinajstić information content (AvgIpc) is 4.07. The highest BCUT2D eigenvalue weighted by atomic mass is 35.5. The molecule has 6 aromatic rings. The van der Waals surface area contributed by atoms with Gasteiger partial charge in [0.05, 0.1) is 92.6 Å². The molecular formula is C42H37Cl3F2N12O2. The van der Waals surface area contributed by atoms with Gasteiger partial charge in [0.25, 0.3) is 0 Å². The van der Waals surface area contributed by atoms with Gasteiger partial charge in [-0.3, -0.25) is 9.36 Å². The minimum Gasteiger partial charge on any atom is -0.489 e. The molecule has 4 fully saturated rings. The molecule has 4 aliphatic carbocycles. The number of nitrogens with two attached hydrogens (primary N) is 1. The van der Waals surface area contributed by atoms with E-state index in [1.54, 1.807) is 24.5 Å². The monoisotopic (exact) mass is 884 g/mol. The van der Waals surface area contributed by atoms with E-state index >= 15 is 0 Å². The molecule has 0 radical (unpaired) electrons. The van der Waals surface area contributed by atoms with E-state index in [4.69, 9.17) is 60.5 Å². The minimum absolute atomic E-state index is 0.0323. The summed E-state index contributed by atoms with van der Waals surface area (Å²) in [6.45, 7) is 0.385. The fourth-order valence-electron chi connectivity index (χ4n) is 5.98. The molecular weight excluding hydrogens is 849 g/mol. The maximum atomic E-state index is 14.6. The zero-order valence-electron chi connectivity index (χ0n) is 32.4. The Hall–Kier alpha value is -6.07. The number of rotatable bonds is 12. The number of halogens is 5. The van der Waals surface area contributed by atoms with Crippen LogP contribution in [0.15, 0.2) is 73.6 Å². The highest BCUT2D eigenvalue weighted by Crippen LogP contribution is 2.46. The van der Waals surface area contributed by atoms with Crippen LogP contribution in [0.1, 0.15) is 63.5 Å². The number of nitrogen functional groups attached to an aromatic ring is 1. The molecule has 4 aromatic heterocycles. The summed E-state index contributed by atoms with van der Waals surface area (Å²) in [6.07, 6.45) is 18.0. The fourth-order valence-corrected chi connectivity index (χ4v) is 6.51. The highest BCUT2D eigenvalue weighted by Gasteiger charge is 2.45. The maximum Gasteiger partial charge on any atom is 0.227 e. The van der Waals surface area contributed by atoms with E-state index in [9.17, 15) is 8.78 Å². The average molecular weight is 886 g/mol.